The Bertz CT molecular complexity index is 722. The molecule has 3 aromatic rings. The maximum Gasteiger partial charge on any atom is 0.136 e. The Morgan fingerprint density at radius 3 is 1.90 bits per heavy atom. The Hall–Kier alpha value is -3.08. The monoisotopic (exact) mass is 278 g/mol. The first-order valence-corrected chi connectivity index (χ1v) is 6.43. The Morgan fingerprint density at radius 1 is 0.714 bits per heavy atom. The van der Waals surface area contributed by atoms with E-state index in [1.54, 1.807) is 0 Å². The van der Waals surface area contributed by atoms with Crippen molar-refractivity contribution in [1.29, 1.82) is 0 Å². The molecular formula is C16H14N4O. The van der Waals surface area contributed by atoms with Crippen molar-refractivity contribution in [3.05, 3.63) is 60.9 Å². The van der Waals surface area contributed by atoms with E-state index in [1.807, 2.05) is 54.6 Å². The highest BCUT2D eigenvalue weighted by molar-refractivity contribution is 5.82. The summed E-state index contributed by atoms with van der Waals surface area (Å²) in [7, 11) is 0. The van der Waals surface area contributed by atoms with Crippen molar-refractivity contribution in [2.24, 2.45) is 0 Å². The molecule has 0 spiro atoms. The number of hydrogen-bond acceptors (Lipinski definition) is 5. The van der Waals surface area contributed by atoms with Gasteiger partial charge in [-0.3, -0.25) is 0 Å². The molecule has 0 atom stereocenters. The van der Waals surface area contributed by atoms with Crippen LogP contribution in [0.5, 0.6) is 11.5 Å². The van der Waals surface area contributed by atoms with Gasteiger partial charge in [-0.25, -0.2) is 9.97 Å². The second-order valence-corrected chi connectivity index (χ2v) is 4.46. The molecule has 0 unspecified atom stereocenters. The van der Waals surface area contributed by atoms with Gasteiger partial charge in [0.1, 0.15) is 29.5 Å². The fraction of sp³-hybridized carbons (Fsp3) is 0. The number of hydrogen-bond donors (Lipinski definition) is 2. The Labute approximate surface area is 122 Å². The summed E-state index contributed by atoms with van der Waals surface area (Å²) >= 11 is 0. The third-order valence-electron chi connectivity index (χ3n) is 3.03. The van der Waals surface area contributed by atoms with E-state index in [-0.39, 0.29) is 0 Å². The van der Waals surface area contributed by atoms with Crippen molar-refractivity contribution < 1.29 is 4.74 Å². The Morgan fingerprint density at radius 2 is 1.29 bits per heavy atom. The second kappa shape index (κ2) is 5.50. The molecule has 1 heterocycles. The normalized spacial score (nSPS) is 10.3. The van der Waals surface area contributed by atoms with E-state index in [9.17, 15) is 0 Å². The highest BCUT2D eigenvalue weighted by Gasteiger charge is 2.09. The molecule has 0 amide bonds. The largest absolute Gasteiger partial charge is 0.457 e. The van der Waals surface area contributed by atoms with Crippen molar-refractivity contribution in [2.75, 3.05) is 11.5 Å². The Kier molecular flexibility index (Phi) is 3.39. The van der Waals surface area contributed by atoms with E-state index in [0.717, 1.165) is 17.1 Å². The summed E-state index contributed by atoms with van der Waals surface area (Å²) in [5.41, 5.74) is 13.2. The maximum atomic E-state index is 5.85. The van der Waals surface area contributed by atoms with Crippen molar-refractivity contribution in [1.82, 2.24) is 9.97 Å². The van der Waals surface area contributed by atoms with Crippen LogP contribution >= 0.6 is 0 Å². The number of nitrogens with zero attached hydrogens (tertiary/aromatic N) is 2. The van der Waals surface area contributed by atoms with Crippen molar-refractivity contribution in [3.8, 4) is 22.6 Å². The lowest BCUT2D eigenvalue weighted by molar-refractivity contribution is 0.483. The van der Waals surface area contributed by atoms with Gasteiger partial charge in [0, 0.05) is 0 Å². The molecule has 21 heavy (non-hydrogen) atoms. The molecule has 0 saturated heterocycles. The molecule has 5 nitrogen and oxygen atoms in total. The van der Waals surface area contributed by atoms with Gasteiger partial charge in [0.15, 0.2) is 0 Å². The predicted octanol–water partition coefficient (Wildman–Crippen LogP) is 3.10. The number of benzene rings is 2. The summed E-state index contributed by atoms with van der Waals surface area (Å²) in [6.45, 7) is 0. The lowest BCUT2D eigenvalue weighted by Gasteiger charge is -2.09. The van der Waals surface area contributed by atoms with E-state index in [1.165, 1.54) is 6.33 Å². The average molecular weight is 278 g/mol. The van der Waals surface area contributed by atoms with Gasteiger partial charge in [-0.15, -0.1) is 0 Å². The minimum atomic E-state index is 0.360. The summed E-state index contributed by atoms with van der Waals surface area (Å²) in [4.78, 5) is 7.92. The molecule has 0 fully saturated rings. The number of aromatic nitrogens is 2. The molecular weight excluding hydrogens is 264 g/mol. The minimum Gasteiger partial charge on any atom is -0.457 e. The number of nitrogen functional groups attached to an aromatic ring is 2. The van der Waals surface area contributed by atoms with Gasteiger partial charge in [-0.1, -0.05) is 30.3 Å². The second-order valence-electron chi connectivity index (χ2n) is 4.46. The third-order valence-corrected chi connectivity index (χ3v) is 3.03. The third kappa shape index (κ3) is 2.76. The van der Waals surface area contributed by atoms with E-state index in [2.05, 4.69) is 9.97 Å². The molecule has 0 aliphatic carbocycles. The number of rotatable bonds is 3. The van der Waals surface area contributed by atoms with Gasteiger partial charge in [0.25, 0.3) is 0 Å². The van der Waals surface area contributed by atoms with Crippen LogP contribution in [0.25, 0.3) is 11.1 Å². The predicted molar refractivity (Wildman–Crippen MR) is 82.8 cm³/mol. The van der Waals surface area contributed by atoms with Gasteiger partial charge in [0.2, 0.25) is 0 Å². The summed E-state index contributed by atoms with van der Waals surface area (Å²) in [6.07, 6.45) is 1.35. The van der Waals surface area contributed by atoms with Gasteiger partial charge in [-0.05, 0) is 29.8 Å². The summed E-state index contributed by atoms with van der Waals surface area (Å²) < 4.78 is 5.74. The topological polar surface area (TPSA) is 87.0 Å². The van der Waals surface area contributed by atoms with Crippen LogP contribution < -0.4 is 16.2 Å². The van der Waals surface area contributed by atoms with E-state index in [0.29, 0.717) is 17.2 Å². The van der Waals surface area contributed by atoms with Crippen molar-refractivity contribution in [2.45, 2.75) is 0 Å². The molecule has 104 valence electrons. The number of para-hydroxylation sites is 1. The van der Waals surface area contributed by atoms with Crippen molar-refractivity contribution >= 4 is 11.6 Å². The number of anilines is 2. The fourth-order valence-corrected chi connectivity index (χ4v) is 2.02. The van der Waals surface area contributed by atoms with E-state index >= 15 is 0 Å². The average Bonchev–Trinajstić information content (AvgIpc) is 2.50. The lowest BCUT2D eigenvalue weighted by atomic mass is 10.1. The summed E-state index contributed by atoms with van der Waals surface area (Å²) in [5, 5.41) is 0. The van der Waals surface area contributed by atoms with Crippen LogP contribution in [0.2, 0.25) is 0 Å². The van der Waals surface area contributed by atoms with Crippen LogP contribution in [-0.4, -0.2) is 9.97 Å². The SMILES string of the molecule is Nc1ncnc(N)c1-c1ccc(Oc2ccccc2)cc1. The van der Waals surface area contributed by atoms with Crippen LogP contribution in [0, 0.1) is 0 Å². The molecule has 3 rings (SSSR count). The standard InChI is InChI=1S/C16H14N4O/c17-15-14(16(18)20-10-19-15)11-6-8-13(9-7-11)21-12-4-2-1-3-5-12/h1-10H,(H4,17,18,19,20). The molecule has 0 aliphatic heterocycles. The zero-order valence-electron chi connectivity index (χ0n) is 11.2. The minimum absolute atomic E-state index is 0.360. The molecule has 5 heteroatoms. The molecule has 0 saturated carbocycles. The van der Waals surface area contributed by atoms with Gasteiger partial charge in [-0.2, -0.15) is 0 Å². The van der Waals surface area contributed by atoms with Crippen LogP contribution in [-0.2, 0) is 0 Å². The van der Waals surface area contributed by atoms with Crippen LogP contribution in [0.3, 0.4) is 0 Å². The van der Waals surface area contributed by atoms with Gasteiger partial charge in [0.05, 0.1) is 5.56 Å². The van der Waals surface area contributed by atoms with Crippen LogP contribution in [0.1, 0.15) is 0 Å². The molecule has 0 aliphatic rings. The summed E-state index contributed by atoms with van der Waals surface area (Å²) in [5.74, 6) is 2.24. The molecule has 1 aromatic heterocycles. The smallest absolute Gasteiger partial charge is 0.136 e. The fourth-order valence-electron chi connectivity index (χ4n) is 2.02. The number of nitrogens with two attached hydrogens (primary N) is 2. The molecule has 0 radical (unpaired) electrons. The van der Waals surface area contributed by atoms with Crippen LogP contribution in [0.4, 0.5) is 11.6 Å². The molecule has 2 aromatic carbocycles. The first-order chi connectivity index (χ1) is 10.2. The molecule has 4 N–H and O–H groups in total. The van der Waals surface area contributed by atoms with E-state index in [4.69, 9.17) is 16.2 Å². The zero-order valence-corrected chi connectivity index (χ0v) is 11.2. The maximum absolute atomic E-state index is 5.85. The van der Waals surface area contributed by atoms with Crippen molar-refractivity contribution in [3.63, 3.8) is 0 Å². The lowest BCUT2D eigenvalue weighted by Crippen LogP contribution is -2.01. The first-order valence-electron chi connectivity index (χ1n) is 6.43. The molecule has 0 bridgehead atoms. The Balaban J connectivity index is 1.88. The highest BCUT2D eigenvalue weighted by Crippen LogP contribution is 2.30. The zero-order chi connectivity index (χ0) is 14.7. The summed E-state index contributed by atoms with van der Waals surface area (Å²) in [6, 6.07) is 17.1. The van der Waals surface area contributed by atoms with Crippen LogP contribution in [0.15, 0.2) is 60.9 Å². The van der Waals surface area contributed by atoms with E-state index < -0.39 is 0 Å². The van der Waals surface area contributed by atoms with Gasteiger partial charge >= 0.3 is 0 Å². The first kappa shape index (κ1) is 12.9. The quantitative estimate of drug-likeness (QED) is 0.768. The van der Waals surface area contributed by atoms with Gasteiger partial charge < -0.3 is 16.2 Å². The highest BCUT2D eigenvalue weighted by atomic mass is 16.5. The number of ether oxygens (including phenoxy) is 1.